The minimum Gasteiger partial charge on any atom is -0.461 e. The summed E-state index contributed by atoms with van der Waals surface area (Å²) in [5, 5.41) is 0. The molecule has 0 fully saturated rings. The van der Waals surface area contributed by atoms with Gasteiger partial charge < -0.3 is 10.6 Å². The summed E-state index contributed by atoms with van der Waals surface area (Å²) < 4.78 is 6.08. The third kappa shape index (κ3) is 1.42. The van der Waals surface area contributed by atoms with Crippen LogP contribution in [0.25, 0.3) is 0 Å². The summed E-state index contributed by atoms with van der Waals surface area (Å²) in [6.07, 6.45) is 1.63. The maximum atomic E-state index is 11.2. The fourth-order valence-corrected chi connectivity index (χ4v) is 1.02. The lowest BCUT2D eigenvalue weighted by atomic mass is 10.3. The molecule has 0 amide bonds. The van der Waals surface area contributed by atoms with Gasteiger partial charge in [-0.3, -0.25) is 4.68 Å². The van der Waals surface area contributed by atoms with E-state index in [4.69, 9.17) is 10.6 Å². The third-order valence-electron chi connectivity index (χ3n) is 1.59. The van der Waals surface area contributed by atoms with Crippen molar-refractivity contribution in [3.63, 3.8) is 0 Å². The van der Waals surface area contributed by atoms with Gasteiger partial charge in [-0.1, -0.05) is 0 Å². The average molecular weight is 168 g/mol. The Kier molecular flexibility index (Phi) is 2.38. The van der Waals surface area contributed by atoms with Gasteiger partial charge in [0.1, 0.15) is 5.69 Å². The molecular weight excluding hydrogens is 156 g/mol. The fourth-order valence-electron chi connectivity index (χ4n) is 1.02. The predicted molar refractivity (Wildman–Crippen MR) is 45.3 cm³/mol. The van der Waals surface area contributed by atoms with Crippen LogP contribution in [0.5, 0.6) is 0 Å². The van der Waals surface area contributed by atoms with Gasteiger partial charge >= 0.3 is 5.97 Å². The Labute approximate surface area is 70.9 Å². The van der Waals surface area contributed by atoms with Crippen LogP contribution in [0.4, 0.5) is 0 Å². The molecule has 12 heavy (non-hydrogen) atoms. The molecule has 1 rings (SSSR count). The number of carbonyl (C=O) groups is 1. The standard InChI is InChI=1S/C8H12N2O2/c1-3-12-8(11)7-6(2)4-5-10(7)9/h4-5H,3,9H2,1-2H3. The smallest absolute Gasteiger partial charge is 0.357 e. The van der Waals surface area contributed by atoms with Crippen LogP contribution in [0.15, 0.2) is 12.3 Å². The summed E-state index contributed by atoms with van der Waals surface area (Å²) >= 11 is 0. The summed E-state index contributed by atoms with van der Waals surface area (Å²) in [6, 6.07) is 1.77. The quantitative estimate of drug-likeness (QED) is 0.522. The van der Waals surface area contributed by atoms with Crippen molar-refractivity contribution in [3.8, 4) is 0 Å². The van der Waals surface area contributed by atoms with Gasteiger partial charge in [-0.15, -0.1) is 0 Å². The number of hydrogen-bond acceptors (Lipinski definition) is 3. The first-order valence-corrected chi connectivity index (χ1v) is 3.77. The van der Waals surface area contributed by atoms with Crippen LogP contribution >= 0.6 is 0 Å². The Balaban J connectivity index is 2.93. The van der Waals surface area contributed by atoms with Crippen molar-refractivity contribution in [2.24, 2.45) is 0 Å². The van der Waals surface area contributed by atoms with Gasteiger partial charge in [0.2, 0.25) is 0 Å². The Morgan fingerprint density at radius 3 is 2.83 bits per heavy atom. The number of aromatic nitrogens is 1. The molecule has 0 aromatic carbocycles. The molecule has 1 aromatic heterocycles. The zero-order valence-corrected chi connectivity index (χ0v) is 7.20. The van der Waals surface area contributed by atoms with Crippen molar-refractivity contribution < 1.29 is 9.53 Å². The Morgan fingerprint density at radius 2 is 2.42 bits per heavy atom. The molecule has 0 aliphatic carbocycles. The highest BCUT2D eigenvalue weighted by Gasteiger charge is 2.13. The number of ether oxygens (including phenoxy) is 1. The van der Waals surface area contributed by atoms with Crippen molar-refractivity contribution in [2.75, 3.05) is 12.4 Å². The predicted octanol–water partition coefficient (Wildman–Crippen LogP) is 0.687. The fraction of sp³-hybridized carbons (Fsp3) is 0.375. The van der Waals surface area contributed by atoms with Gasteiger partial charge in [0.05, 0.1) is 6.61 Å². The van der Waals surface area contributed by atoms with Gasteiger partial charge in [-0.05, 0) is 25.5 Å². The van der Waals surface area contributed by atoms with Crippen molar-refractivity contribution >= 4 is 5.97 Å². The minimum atomic E-state index is -0.373. The first-order chi connectivity index (χ1) is 5.66. The summed E-state index contributed by atoms with van der Waals surface area (Å²) in [7, 11) is 0. The Hall–Kier alpha value is -1.45. The molecule has 0 atom stereocenters. The van der Waals surface area contributed by atoms with Gasteiger partial charge in [0.25, 0.3) is 0 Å². The normalized spacial score (nSPS) is 9.83. The summed E-state index contributed by atoms with van der Waals surface area (Å²) in [6.45, 7) is 3.94. The number of nitrogen functional groups attached to an aromatic ring is 1. The van der Waals surface area contributed by atoms with E-state index in [2.05, 4.69) is 0 Å². The van der Waals surface area contributed by atoms with E-state index < -0.39 is 0 Å². The highest BCUT2D eigenvalue weighted by atomic mass is 16.5. The summed E-state index contributed by atoms with van der Waals surface area (Å²) in [5.41, 5.74) is 1.24. The molecule has 0 radical (unpaired) electrons. The van der Waals surface area contributed by atoms with Crippen molar-refractivity contribution in [1.29, 1.82) is 0 Å². The lowest BCUT2D eigenvalue weighted by molar-refractivity contribution is 0.0515. The van der Waals surface area contributed by atoms with Crippen LogP contribution in [-0.2, 0) is 4.74 Å². The monoisotopic (exact) mass is 168 g/mol. The molecule has 1 aromatic rings. The Bertz CT molecular complexity index is 272. The minimum absolute atomic E-state index is 0.365. The van der Waals surface area contributed by atoms with Gasteiger partial charge in [0.15, 0.2) is 0 Å². The lowest BCUT2D eigenvalue weighted by Crippen LogP contribution is -2.18. The molecule has 0 spiro atoms. The van der Waals surface area contributed by atoms with Crippen LogP contribution in [0.2, 0.25) is 0 Å². The highest BCUT2D eigenvalue weighted by molar-refractivity contribution is 5.89. The van der Waals surface area contributed by atoms with E-state index in [9.17, 15) is 4.79 Å². The van der Waals surface area contributed by atoms with E-state index in [1.807, 2.05) is 6.92 Å². The zero-order chi connectivity index (χ0) is 9.14. The van der Waals surface area contributed by atoms with E-state index in [0.29, 0.717) is 12.3 Å². The van der Waals surface area contributed by atoms with Crippen LogP contribution in [0, 0.1) is 6.92 Å². The molecule has 0 saturated carbocycles. The van der Waals surface area contributed by atoms with Crippen LogP contribution in [0.3, 0.4) is 0 Å². The number of carbonyl (C=O) groups excluding carboxylic acids is 1. The van der Waals surface area contributed by atoms with E-state index in [-0.39, 0.29) is 5.97 Å². The van der Waals surface area contributed by atoms with Crippen LogP contribution in [0.1, 0.15) is 23.0 Å². The Morgan fingerprint density at radius 1 is 1.75 bits per heavy atom. The second kappa shape index (κ2) is 3.30. The van der Waals surface area contributed by atoms with E-state index >= 15 is 0 Å². The number of nitrogens with two attached hydrogens (primary N) is 1. The molecule has 4 heteroatoms. The SMILES string of the molecule is CCOC(=O)c1c(C)ccn1N. The van der Waals surface area contributed by atoms with E-state index in [1.165, 1.54) is 4.68 Å². The number of rotatable bonds is 2. The van der Waals surface area contributed by atoms with Gasteiger partial charge in [-0.2, -0.15) is 0 Å². The third-order valence-corrected chi connectivity index (χ3v) is 1.59. The average Bonchev–Trinajstić information content (AvgIpc) is 2.32. The van der Waals surface area contributed by atoms with Crippen LogP contribution in [-0.4, -0.2) is 17.3 Å². The second-order valence-electron chi connectivity index (χ2n) is 2.48. The molecule has 2 N–H and O–H groups in total. The molecule has 66 valence electrons. The first kappa shape index (κ1) is 8.64. The molecule has 0 bridgehead atoms. The van der Waals surface area contributed by atoms with Crippen LogP contribution < -0.4 is 5.84 Å². The lowest BCUT2D eigenvalue weighted by Gasteiger charge is -2.03. The number of hydrogen-bond donors (Lipinski definition) is 1. The summed E-state index contributed by atoms with van der Waals surface area (Å²) in [4.78, 5) is 11.2. The second-order valence-corrected chi connectivity index (χ2v) is 2.48. The maximum absolute atomic E-state index is 11.2. The molecule has 1 heterocycles. The molecule has 0 aliphatic heterocycles. The number of nitrogens with zero attached hydrogens (tertiary/aromatic N) is 1. The molecular formula is C8H12N2O2. The van der Waals surface area contributed by atoms with Gasteiger partial charge in [-0.25, -0.2) is 4.79 Å². The van der Waals surface area contributed by atoms with E-state index in [1.54, 1.807) is 19.2 Å². The molecule has 0 unspecified atom stereocenters. The number of esters is 1. The largest absolute Gasteiger partial charge is 0.461 e. The van der Waals surface area contributed by atoms with Crippen molar-refractivity contribution in [1.82, 2.24) is 4.68 Å². The molecule has 0 aliphatic rings. The van der Waals surface area contributed by atoms with Crippen molar-refractivity contribution in [3.05, 3.63) is 23.5 Å². The molecule has 4 nitrogen and oxygen atoms in total. The maximum Gasteiger partial charge on any atom is 0.357 e. The van der Waals surface area contributed by atoms with Gasteiger partial charge in [0, 0.05) is 6.20 Å². The topological polar surface area (TPSA) is 57.2 Å². The first-order valence-electron chi connectivity index (χ1n) is 3.77. The molecule has 0 saturated heterocycles. The van der Waals surface area contributed by atoms with E-state index in [0.717, 1.165) is 5.56 Å². The zero-order valence-electron chi connectivity index (χ0n) is 7.20. The highest BCUT2D eigenvalue weighted by Crippen LogP contribution is 2.07. The number of aryl methyl sites for hydroxylation is 1. The van der Waals surface area contributed by atoms with Crippen molar-refractivity contribution in [2.45, 2.75) is 13.8 Å². The summed E-state index contributed by atoms with van der Waals surface area (Å²) in [5.74, 6) is 5.12.